The fraction of sp³-hybridized carbons (Fsp3) is 0.586. The highest BCUT2D eigenvalue weighted by molar-refractivity contribution is 5.99. The summed E-state index contributed by atoms with van der Waals surface area (Å²) in [6.45, 7) is 5.98. The molecule has 10 nitrogen and oxygen atoms in total. The molecule has 1 saturated heterocycles. The quantitative estimate of drug-likeness (QED) is 0.573. The second kappa shape index (κ2) is 11.8. The minimum Gasteiger partial charge on any atom is -0.495 e. The van der Waals surface area contributed by atoms with Crippen LogP contribution in [0.15, 0.2) is 24.4 Å². The second-order valence-electron chi connectivity index (χ2n) is 11.0. The van der Waals surface area contributed by atoms with Crippen LogP contribution >= 0.6 is 0 Å². The van der Waals surface area contributed by atoms with Crippen LogP contribution in [0.5, 0.6) is 5.75 Å². The monoisotopic (exact) mass is 535 g/mol. The molecular formula is C29H41N7O3. The predicted molar refractivity (Wildman–Crippen MR) is 153 cm³/mol. The summed E-state index contributed by atoms with van der Waals surface area (Å²) in [6.07, 6.45) is 8.19. The van der Waals surface area contributed by atoms with E-state index in [1.165, 1.54) is 12.8 Å². The molecule has 0 bridgehead atoms. The molecule has 1 atom stereocenters. The standard InChI is InChI=1S/C29H41N7O3/c1-5-8-21-19-36(22-9-6-7-10-22)26-24(34(3)27(21)37)18-30-29(32-26)31-23-12-11-20(17-25(23)39-4)28(38)35-15-13-33(2)14-16-35/h11-12,17-18,21-22H,5-10,13-16,19H2,1-4H3,(H,30,31,32)/t21-/m0/s1. The molecule has 10 heteroatoms. The van der Waals surface area contributed by atoms with Gasteiger partial charge in [0.1, 0.15) is 11.4 Å². The number of aromatic nitrogens is 2. The van der Waals surface area contributed by atoms with Crippen molar-refractivity contribution in [3.05, 3.63) is 30.0 Å². The molecule has 2 aliphatic heterocycles. The Hall–Kier alpha value is -3.40. The van der Waals surface area contributed by atoms with Crippen molar-refractivity contribution in [1.82, 2.24) is 19.8 Å². The second-order valence-corrected chi connectivity index (χ2v) is 11.0. The van der Waals surface area contributed by atoms with Crippen LogP contribution in [-0.2, 0) is 4.79 Å². The number of nitrogens with one attached hydrogen (secondary N) is 1. The van der Waals surface area contributed by atoms with Crippen LogP contribution in [-0.4, -0.2) is 91.6 Å². The van der Waals surface area contributed by atoms with Gasteiger partial charge in [-0.3, -0.25) is 9.59 Å². The SMILES string of the molecule is CCC[C@H]1CN(C2CCCC2)c2nc(Nc3ccc(C(=O)N4CCN(C)CC4)cc3OC)ncc2N(C)C1=O. The molecule has 3 aliphatic rings. The Labute approximate surface area is 231 Å². The topological polar surface area (TPSA) is 94.1 Å². The lowest BCUT2D eigenvalue weighted by Crippen LogP contribution is -2.47. The van der Waals surface area contributed by atoms with Gasteiger partial charge in [0.05, 0.1) is 24.9 Å². The van der Waals surface area contributed by atoms with Crippen LogP contribution in [0.2, 0.25) is 0 Å². The molecule has 2 amide bonds. The average Bonchev–Trinajstić information content (AvgIpc) is 3.46. The molecule has 0 radical (unpaired) electrons. The van der Waals surface area contributed by atoms with Gasteiger partial charge in [0, 0.05) is 51.4 Å². The summed E-state index contributed by atoms with van der Waals surface area (Å²) in [7, 11) is 5.50. The maximum Gasteiger partial charge on any atom is 0.254 e. The average molecular weight is 536 g/mol. The van der Waals surface area contributed by atoms with E-state index < -0.39 is 0 Å². The summed E-state index contributed by atoms with van der Waals surface area (Å²) in [4.78, 5) is 44.2. The van der Waals surface area contributed by atoms with Crippen molar-refractivity contribution in [3.63, 3.8) is 0 Å². The summed E-state index contributed by atoms with van der Waals surface area (Å²) >= 11 is 0. The number of anilines is 4. The van der Waals surface area contributed by atoms with Gasteiger partial charge in [-0.25, -0.2) is 4.98 Å². The molecule has 1 aromatic heterocycles. The number of fused-ring (bicyclic) bond motifs is 1. The largest absolute Gasteiger partial charge is 0.495 e. The van der Waals surface area contributed by atoms with Gasteiger partial charge < -0.3 is 29.7 Å². The fourth-order valence-corrected chi connectivity index (χ4v) is 6.01. The minimum absolute atomic E-state index is 0.00998. The Morgan fingerprint density at radius 2 is 1.87 bits per heavy atom. The van der Waals surface area contributed by atoms with Gasteiger partial charge in [-0.1, -0.05) is 26.2 Å². The summed E-state index contributed by atoms with van der Waals surface area (Å²) in [5.41, 5.74) is 2.03. The van der Waals surface area contributed by atoms with Gasteiger partial charge >= 0.3 is 0 Å². The van der Waals surface area contributed by atoms with Gasteiger partial charge in [-0.2, -0.15) is 4.98 Å². The van der Waals surface area contributed by atoms with Gasteiger partial charge in [-0.15, -0.1) is 0 Å². The van der Waals surface area contributed by atoms with Crippen molar-refractivity contribution >= 4 is 35.0 Å². The van der Waals surface area contributed by atoms with Crippen LogP contribution in [0.25, 0.3) is 0 Å². The third-order valence-electron chi connectivity index (χ3n) is 8.37. The Bertz CT molecular complexity index is 1190. The highest BCUT2D eigenvalue weighted by Crippen LogP contribution is 2.38. The van der Waals surface area contributed by atoms with Crippen LogP contribution < -0.4 is 19.9 Å². The third kappa shape index (κ3) is 5.66. The van der Waals surface area contributed by atoms with Crippen LogP contribution in [0.4, 0.5) is 23.1 Å². The lowest BCUT2D eigenvalue weighted by molar-refractivity contribution is -0.121. The first-order valence-corrected chi connectivity index (χ1v) is 14.2. The Morgan fingerprint density at radius 1 is 1.13 bits per heavy atom. The number of benzene rings is 1. The van der Waals surface area contributed by atoms with E-state index in [1.54, 1.807) is 24.3 Å². The molecular weight excluding hydrogens is 494 g/mol. The van der Waals surface area contributed by atoms with Gasteiger partial charge in [0.2, 0.25) is 11.9 Å². The highest BCUT2D eigenvalue weighted by atomic mass is 16.5. The number of hydrogen-bond acceptors (Lipinski definition) is 8. The number of carbonyl (C=O) groups excluding carboxylic acids is 2. The number of amides is 2. The van der Waals surface area contributed by atoms with E-state index in [2.05, 4.69) is 34.1 Å². The first-order valence-electron chi connectivity index (χ1n) is 14.2. The number of methoxy groups -OCH3 is 1. The number of ether oxygens (including phenoxy) is 1. The zero-order valence-corrected chi connectivity index (χ0v) is 23.7. The maximum atomic E-state index is 13.3. The molecule has 0 unspecified atom stereocenters. The van der Waals surface area contributed by atoms with Crippen molar-refractivity contribution in [2.75, 3.05) is 69.0 Å². The van der Waals surface area contributed by atoms with E-state index >= 15 is 0 Å². The van der Waals surface area contributed by atoms with Crippen molar-refractivity contribution in [2.45, 2.75) is 51.5 Å². The van der Waals surface area contributed by atoms with Gasteiger partial charge in [0.25, 0.3) is 5.91 Å². The summed E-state index contributed by atoms with van der Waals surface area (Å²) < 4.78 is 5.66. The predicted octanol–water partition coefficient (Wildman–Crippen LogP) is 3.76. The fourth-order valence-electron chi connectivity index (χ4n) is 6.01. The van der Waals surface area contributed by atoms with E-state index in [9.17, 15) is 9.59 Å². The van der Waals surface area contributed by atoms with Gasteiger partial charge in [-0.05, 0) is 44.5 Å². The van der Waals surface area contributed by atoms with Crippen LogP contribution in [0, 0.1) is 5.92 Å². The molecule has 1 aliphatic carbocycles. The summed E-state index contributed by atoms with van der Waals surface area (Å²) in [5, 5.41) is 3.31. The molecule has 1 saturated carbocycles. The normalized spacial score (nSPS) is 20.7. The summed E-state index contributed by atoms with van der Waals surface area (Å²) in [6, 6.07) is 5.82. The van der Waals surface area contributed by atoms with Crippen molar-refractivity contribution < 1.29 is 14.3 Å². The zero-order chi connectivity index (χ0) is 27.5. The van der Waals surface area contributed by atoms with Gasteiger partial charge in [0.15, 0.2) is 5.82 Å². The Kier molecular flexibility index (Phi) is 8.20. The Morgan fingerprint density at radius 3 is 2.56 bits per heavy atom. The molecule has 210 valence electrons. The molecule has 1 N–H and O–H groups in total. The van der Waals surface area contributed by atoms with E-state index in [0.717, 1.165) is 50.3 Å². The first-order chi connectivity index (χ1) is 18.9. The summed E-state index contributed by atoms with van der Waals surface area (Å²) in [5.74, 6) is 1.87. The lowest BCUT2D eigenvalue weighted by atomic mass is 10.0. The van der Waals surface area contributed by atoms with E-state index in [1.807, 2.05) is 24.1 Å². The van der Waals surface area contributed by atoms with Crippen molar-refractivity contribution in [1.29, 1.82) is 0 Å². The number of piperazine rings is 1. The molecule has 0 spiro atoms. The molecule has 3 heterocycles. The number of likely N-dealkylation sites (N-methyl/N-ethyl adjacent to an activating group) is 1. The molecule has 5 rings (SSSR count). The maximum absolute atomic E-state index is 13.3. The molecule has 2 aromatic rings. The minimum atomic E-state index is -0.0586. The first kappa shape index (κ1) is 27.2. The Balaban J connectivity index is 1.42. The number of nitrogens with zero attached hydrogens (tertiary/aromatic N) is 6. The smallest absolute Gasteiger partial charge is 0.254 e. The van der Waals surface area contributed by atoms with E-state index in [-0.39, 0.29) is 17.7 Å². The molecule has 1 aromatic carbocycles. The molecule has 39 heavy (non-hydrogen) atoms. The van der Waals surface area contributed by atoms with Crippen molar-refractivity contribution in [2.24, 2.45) is 5.92 Å². The van der Waals surface area contributed by atoms with Crippen LogP contribution in [0.1, 0.15) is 55.8 Å². The lowest BCUT2D eigenvalue weighted by Gasteiger charge is -2.32. The van der Waals surface area contributed by atoms with E-state index in [0.29, 0.717) is 48.6 Å². The highest BCUT2D eigenvalue weighted by Gasteiger charge is 2.36. The number of hydrogen-bond donors (Lipinski definition) is 1. The number of rotatable bonds is 7. The third-order valence-corrected chi connectivity index (χ3v) is 8.37. The van der Waals surface area contributed by atoms with E-state index in [4.69, 9.17) is 9.72 Å². The van der Waals surface area contributed by atoms with Crippen LogP contribution in [0.3, 0.4) is 0 Å². The molecule has 2 fully saturated rings. The number of carbonyl (C=O) groups is 2. The van der Waals surface area contributed by atoms with Crippen molar-refractivity contribution in [3.8, 4) is 5.75 Å². The zero-order valence-electron chi connectivity index (χ0n) is 23.7.